The molecular weight excluding hydrogens is 241 g/mol. The monoisotopic (exact) mass is 252 g/mol. The lowest BCUT2D eigenvalue weighted by molar-refractivity contribution is 0.586. The van der Waals surface area contributed by atoms with Crippen molar-refractivity contribution in [1.29, 1.82) is 0 Å². The summed E-state index contributed by atoms with van der Waals surface area (Å²) in [6, 6.07) is 5.75. The highest BCUT2D eigenvalue weighted by Crippen LogP contribution is 2.27. The molecule has 0 aliphatic heterocycles. The maximum absolute atomic E-state index is 13.4. The second-order valence-electron chi connectivity index (χ2n) is 3.94. The van der Waals surface area contributed by atoms with Crippen molar-refractivity contribution in [3.05, 3.63) is 53.3 Å². The summed E-state index contributed by atoms with van der Waals surface area (Å²) in [4.78, 5) is 0. The molecule has 94 valence electrons. The van der Waals surface area contributed by atoms with Crippen LogP contribution in [-0.4, -0.2) is 0 Å². The first-order chi connectivity index (χ1) is 8.47. The summed E-state index contributed by atoms with van der Waals surface area (Å²) in [5, 5.41) is 2.70. The van der Waals surface area contributed by atoms with E-state index in [2.05, 4.69) is 5.32 Å². The molecular formula is C13H11F3N2. The highest BCUT2D eigenvalue weighted by molar-refractivity contribution is 5.73. The SMILES string of the molecule is Cc1cc(Nc2ccc(F)cc2F)c(N)cc1F. The summed E-state index contributed by atoms with van der Waals surface area (Å²) in [6.45, 7) is 1.57. The zero-order valence-electron chi connectivity index (χ0n) is 9.60. The summed E-state index contributed by atoms with van der Waals surface area (Å²) >= 11 is 0. The van der Waals surface area contributed by atoms with Gasteiger partial charge in [-0.3, -0.25) is 0 Å². The third-order valence-electron chi connectivity index (χ3n) is 2.53. The molecule has 0 bridgehead atoms. The molecule has 2 aromatic carbocycles. The molecule has 0 spiro atoms. The standard InChI is InChI=1S/C13H11F3N2/c1-7-4-13(11(17)6-9(7)15)18-12-3-2-8(14)5-10(12)16/h2-6,18H,17H2,1H3. The number of anilines is 3. The van der Waals surface area contributed by atoms with E-state index >= 15 is 0 Å². The average molecular weight is 252 g/mol. The first-order valence-electron chi connectivity index (χ1n) is 5.25. The summed E-state index contributed by atoms with van der Waals surface area (Å²) < 4.78 is 39.4. The predicted molar refractivity (Wildman–Crippen MR) is 65.2 cm³/mol. The van der Waals surface area contributed by atoms with Gasteiger partial charge in [0.1, 0.15) is 17.5 Å². The molecule has 0 aromatic heterocycles. The Balaban J connectivity index is 2.37. The van der Waals surface area contributed by atoms with Gasteiger partial charge in [0.05, 0.1) is 17.1 Å². The van der Waals surface area contributed by atoms with Gasteiger partial charge in [0.25, 0.3) is 0 Å². The Kier molecular flexibility index (Phi) is 3.14. The molecule has 0 aliphatic carbocycles. The van der Waals surface area contributed by atoms with E-state index in [9.17, 15) is 13.2 Å². The Morgan fingerprint density at radius 3 is 2.33 bits per heavy atom. The molecule has 0 unspecified atom stereocenters. The van der Waals surface area contributed by atoms with Gasteiger partial charge in [0, 0.05) is 6.07 Å². The van der Waals surface area contributed by atoms with Crippen LogP contribution < -0.4 is 11.1 Å². The molecule has 0 heterocycles. The van der Waals surface area contributed by atoms with Crippen LogP contribution in [0.15, 0.2) is 30.3 Å². The quantitative estimate of drug-likeness (QED) is 0.799. The number of nitrogens with two attached hydrogens (primary N) is 1. The van der Waals surface area contributed by atoms with Gasteiger partial charge in [0.2, 0.25) is 0 Å². The van der Waals surface area contributed by atoms with Crippen LogP contribution in [-0.2, 0) is 0 Å². The average Bonchev–Trinajstić information content (AvgIpc) is 2.29. The van der Waals surface area contributed by atoms with E-state index in [-0.39, 0.29) is 11.4 Å². The maximum atomic E-state index is 13.4. The fraction of sp³-hybridized carbons (Fsp3) is 0.0769. The molecule has 3 N–H and O–H groups in total. The zero-order valence-corrected chi connectivity index (χ0v) is 9.60. The number of hydrogen-bond donors (Lipinski definition) is 2. The fourth-order valence-electron chi connectivity index (χ4n) is 1.54. The maximum Gasteiger partial charge on any atom is 0.149 e. The van der Waals surface area contributed by atoms with Crippen LogP contribution in [0.4, 0.5) is 30.2 Å². The Labute approximate surface area is 102 Å². The van der Waals surface area contributed by atoms with Crippen LogP contribution in [0.3, 0.4) is 0 Å². The highest BCUT2D eigenvalue weighted by atomic mass is 19.1. The first-order valence-corrected chi connectivity index (χ1v) is 5.25. The molecule has 18 heavy (non-hydrogen) atoms. The van der Waals surface area contributed by atoms with Crippen molar-refractivity contribution in [2.75, 3.05) is 11.1 Å². The summed E-state index contributed by atoms with van der Waals surface area (Å²) in [6.07, 6.45) is 0. The molecule has 2 rings (SSSR count). The second kappa shape index (κ2) is 4.60. The van der Waals surface area contributed by atoms with Gasteiger partial charge in [-0.1, -0.05) is 0 Å². The van der Waals surface area contributed by atoms with Crippen molar-refractivity contribution in [2.24, 2.45) is 0 Å². The largest absolute Gasteiger partial charge is 0.397 e. The number of nitrogen functional groups attached to an aromatic ring is 1. The van der Waals surface area contributed by atoms with E-state index in [1.165, 1.54) is 12.1 Å². The molecule has 5 heteroatoms. The van der Waals surface area contributed by atoms with Gasteiger partial charge >= 0.3 is 0 Å². The molecule has 2 nitrogen and oxygen atoms in total. The number of hydrogen-bond acceptors (Lipinski definition) is 2. The van der Waals surface area contributed by atoms with E-state index in [0.717, 1.165) is 18.2 Å². The molecule has 0 atom stereocenters. The minimum atomic E-state index is -0.739. The number of benzene rings is 2. The van der Waals surface area contributed by atoms with E-state index in [4.69, 9.17) is 5.73 Å². The van der Waals surface area contributed by atoms with Crippen molar-refractivity contribution in [3.63, 3.8) is 0 Å². The fourth-order valence-corrected chi connectivity index (χ4v) is 1.54. The third kappa shape index (κ3) is 2.40. The van der Waals surface area contributed by atoms with Crippen molar-refractivity contribution < 1.29 is 13.2 Å². The molecule has 0 amide bonds. The van der Waals surface area contributed by atoms with Crippen LogP contribution in [0.1, 0.15) is 5.56 Å². The molecule has 0 saturated heterocycles. The van der Waals surface area contributed by atoms with Gasteiger partial charge < -0.3 is 11.1 Å². The van der Waals surface area contributed by atoms with Crippen LogP contribution in [0, 0.1) is 24.4 Å². The molecule has 0 radical (unpaired) electrons. The van der Waals surface area contributed by atoms with E-state index in [1.807, 2.05) is 0 Å². The minimum Gasteiger partial charge on any atom is -0.397 e. The van der Waals surface area contributed by atoms with Crippen molar-refractivity contribution in [3.8, 4) is 0 Å². The van der Waals surface area contributed by atoms with Gasteiger partial charge in [-0.25, -0.2) is 13.2 Å². The molecule has 2 aromatic rings. The smallest absolute Gasteiger partial charge is 0.149 e. The second-order valence-corrected chi connectivity index (χ2v) is 3.94. The van der Waals surface area contributed by atoms with Gasteiger partial charge in [-0.05, 0) is 36.8 Å². The summed E-state index contributed by atoms with van der Waals surface area (Å²) in [5.41, 5.74) is 6.61. The number of halogens is 3. The van der Waals surface area contributed by atoms with Crippen LogP contribution in [0.5, 0.6) is 0 Å². The van der Waals surface area contributed by atoms with E-state index in [1.54, 1.807) is 6.92 Å². The van der Waals surface area contributed by atoms with Gasteiger partial charge in [-0.15, -0.1) is 0 Å². The number of rotatable bonds is 2. The van der Waals surface area contributed by atoms with Crippen LogP contribution in [0.25, 0.3) is 0 Å². The topological polar surface area (TPSA) is 38.0 Å². The lowest BCUT2D eigenvalue weighted by Gasteiger charge is -2.11. The number of aryl methyl sites for hydroxylation is 1. The van der Waals surface area contributed by atoms with Crippen molar-refractivity contribution in [1.82, 2.24) is 0 Å². The van der Waals surface area contributed by atoms with Crippen LogP contribution >= 0.6 is 0 Å². The summed E-state index contributed by atoms with van der Waals surface area (Å²) in [7, 11) is 0. The van der Waals surface area contributed by atoms with E-state index in [0.29, 0.717) is 11.3 Å². The lowest BCUT2D eigenvalue weighted by Crippen LogP contribution is -2.00. The first kappa shape index (κ1) is 12.3. The molecule has 0 saturated carbocycles. The minimum absolute atomic E-state index is 0.0779. The Morgan fingerprint density at radius 2 is 1.67 bits per heavy atom. The molecule has 0 aliphatic rings. The van der Waals surface area contributed by atoms with Crippen molar-refractivity contribution in [2.45, 2.75) is 6.92 Å². The normalized spacial score (nSPS) is 10.4. The molecule has 0 fully saturated rings. The Morgan fingerprint density at radius 1 is 0.944 bits per heavy atom. The van der Waals surface area contributed by atoms with E-state index < -0.39 is 17.5 Å². The third-order valence-corrected chi connectivity index (χ3v) is 2.53. The Hall–Kier alpha value is -2.17. The lowest BCUT2D eigenvalue weighted by atomic mass is 10.1. The number of nitrogens with one attached hydrogen (secondary N) is 1. The van der Waals surface area contributed by atoms with Crippen molar-refractivity contribution >= 4 is 17.1 Å². The van der Waals surface area contributed by atoms with Crippen LogP contribution in [0.2, 0.25) is 0 Å². The summed E-state index contributed by atoms with van der Waals surface area (Å²) in [5.74, 6) is -1.84. The predicted octanol–water partition coefficient (Wildman–Crippen LogP) is 3.74. The zero-order chi connectivity index (χ0) is 13.3. The van der Waals surface area contributed by atoms with Gasteiger partial charge in [-0.2, -0.15) is 0 Å². The highest BCUT2D eigenvalue weighted by Gasteiger charge is 2.08. The Bertz CT molecular complexity index is 597. The van der Waals surface area contributed by atoms with Gasteiger partial charge in [0.15, 0.2) is 0 Å².